The van der Waals surface area contributed by atoms with E-state index < -0.39 is 0 Å². The van der Waals surface area contributed by atoms with E-state index in [1.54, 1.807) is 0 Å². The first kappa shape index (κ1) is 18.1. The highest BCUT2D eigenvalue weighted by Crippen LogP contribution is 2.13. The Bertz CT molecular complexity index is 887. The van der Waals surface area contributed by atoms with Crippen LogP contribution in [0.25, 0.3) is 5.69 Å². The number of hydrogen-bond donors (Lipinski definition) is 2. The lowest BCUT2D eigenvalue weighted by Gasteiger charge is -2.07. The number of nitrogens with one attached hydrogen (secondary N) is 2. The van der Waals surface area contributed by atoms with Crippen LogP contribution in [0.3, 0.4) is 0 Å². The molecular formula is C20H22N4OS. The van der Waals surface area contributed by atoms with Gasteiger partial charge in [0.1, 0.15) is 5.82 Å². The second-order valence-corrected chi connectivity index (χ2v) is 6.47. The van der Waals surface area contributed by atoms with Crippen LogP contribution in [0.1, 0.15) is 30.7 Å². The van der Waals surface area contributed by atoms with E-state index in [2.05, 4.69) is 15.5 Å². The van der Waals surface area contributed by atoms with Gasteiger partial charge in [0.05, 0.1) is 0 Å². The number of unbranched alkanes of at least 4 members (excludes halogenated alkanes) is 1. The molecule has 0 radical (unpaired) electrons. The maximum Gasteiger partial charge on any atom is 0.220 e. The Labute approximate surface area is 158 Å². The van der Waals surface area contributed by atoms with Crippen LogP contribution in [-0.4, -0.2) is 20.7 Å². The first-order valence-electron chi connectivity index (χ1n) is 8.76. The van der Waals surface area contributed by atoms with Crippen LogP contribution >= 0.6 is 12.2 Å². The van der Waals surface area contributed by atoms with Crippen LogP contribution in [0.15, 0.2) is 60.7 Å². The summed E-state index contributed by atoms with van der Waals surface area (Å²) in [5, 5.41) is 10.1. The maximum atomic E-state index is 12.0. The van der Waals surface area contributed by atoms with E-state index in [-0.39, 0.29) is 5.91 Å². The molecule has 0 aliphatic carbocycles. The summed E-state index contributed by atoms with van der Waals surface area (Å²) >= 11 is 5.34. The second kappa shape index (κ2) is 9.10. The van der Waals surface area contributed by atoms with E-state index in [4.69, 9.17) is 12.2 Å². The Kier molecular flexibility index (Phi) is 6.33. The number of para-hydroxylation sites is 1. The molecular weight excluding hydrogens is 344 g/mol. The van der Waals surface area contributed by atoms with Gasteiger partial charge in [-0.3, -0.25) is 14.5 Å². The average molecular weight is 366 g/mol. The third kappa shape index (κ3) is 4.89. The Morgan fingerprint density at radius 2 is 1.73 bits per heavy atom. The van der Waals surface area contributed by atoms with Crippen LogP contribution in [0.4, 0.5) is 0 Å². The van der Waals surface area contributed by atoms with Crippen LogP contribution in [0, 0.1) is 4.77 Å². The van der Waals surface area contributed by atoms with Crippen molar-refractivity contribution >= 4 is 18.1 Å². The van der Waals surface area contributed by atoms with Crippen molar-refractivity contribution in [3.8, 4) is 5.69 Å². The molecule has 0 atom stereocenters. The van der Waals surface area contributed by atoms with Crippen molar-refractivity contribution < 1.29 is 4.79 Å². The molecule has 0 aliphatic rings. The zero-order valence-corrected chi connectivity index (χ0v) is 15.3. The first-order chi connectivity index (χ1) is 12.7. The number of H-pyrrole nitrogens is 1. The van der Waals surface area contributed by atoms with E-state index in [0.717, 1.165) is 36.3 Å². The van der Waals surface area contributed by atoms with E-state index in [0.29, 0.717) is 17.7 Å². The highest BCUT2D eigenvalue weighted by Gasteiger charge is 2.08. The lowest BCUT2D eigenvalue weighted by molar-refractivity contribution is -0.121. The van der Waals surface area contributed by atoms with Gasteiger partial charge in [-0.15, -0.1) is 0 Å². The number of amides is 1. The molecule has 2 N–H and O–H groups in total. The third-order valence-corrected chi connectivity index (χ3v) is 4.42. The molecule has 0 bridgehead atoms. The highest BCUT2D eigenvalue weighted by atomic mass is 32.1. The number of hydrogen-bond acceptors (Lipinski definition) is 3. The molecule has 0 aliphatic heterocycles. The van der Waals surface area contributed by atoms with Gasteiger partial charge in [0.25, 0.3) is 0 Å². The number of rotatable bonds is 8. The predicted octanol–water partition coefficient (Wildman–Crippen LogP) is 3.96. The lowest BCUT2D eigenvalue weighted by atomic mass is 10.1. The fourth-order valence-corrected chi connectivity index (χ4v) is 3.05. The quantitative estimate of drug-likeness (QED) is 0.468. The van der Waals surface area contributed by atoms with Gasteiger partial charge in [-0.2, -0.15) is 5.10 Å². The zero-order valence-electron chi connectivity index (χ0n) is 14.5. The van der Waals surface area contributed by atoms with Gasteiger partial charge in [-0.05, 0) is 42.8 Å². The number of nitrogens with zero attached hydrogens (tertiary/aromatic N) is 2. The van der Waals surface area contributed by atoms with Crippen molar-refractivity contribution in [3.63, 3.8) is 0 Å². The number of carbonyl (C=O) groups excluding carboxylic acids is 1. The Balaban J connectivity index is 1.46. The Morgan fingerprint density at radius 1 is 1.04 bits per heavy atom. The van der Waals surface area contributed by atoms with Gasteiger partial charge in [0.2, 0.25) is 5.91 Å². The first-order valence-corrected chi connectivity index (χ1v) is 9.17. The van der Waals surface area contributed by atoms with Gasteiger partial charge in [0.15, 0.2) is 4.77 Å². The molecule has 0 unspecified atom stereocenters. The topological polar surface area (TPSA) is 62.7 Å². The molecule has 26 heavy (non-hydrogen) atoms. The lowest BCUT2D eigenvalue weighted by Crippen LogP contribution is -2.22. The number of carbonyl (C=O) groups is 1. The molecule has 0 saturated heterocycles. The van der Waals surface area contributed by atoms with Crippen molar-refractivity contribution in [2.45, 2.75) is 32.2 Å². The minimum absolute atomic E-state index is 0.0794. The minimum atomic E-state index is 0.0794. The van der Waals surface area contributed by atoms with Gasteiger partial charge in [-0.25, -0.2) is 0 Å². The number of aromatic amines is 1. The SMILES string of the molecule is O=C(CCCCc1n[nH]c(=S)n1-c1ccccc1)NCc1ccccc1. The maximum absolute atomic E-state index is 12.0. The largest absolute Gasteiger partial charge is 0.352 e. The standard InChI is InChI=1S/C20H22N4OS/c25-19(21-15-16-9-3-1-4-10-16)14-8-7-13-18-22-23-20(26)24(18)17-11-5-2-6-12-17/h1-6,9-12H,7-8,13-15H2,(H,21,25)(H,23,26). The molecule has 0 spiro atoms. The third-order valence-electron chi connectivity index (χ3n) is 4.14. The van der Waals surface area contributed by atoms with Crippen LogP contribution in [-0.2, 0) is 17.8 Å². The molecule has 134 valence electrons. The van der Waals surface area contributed by atoms with Crippen molar-refractivity contribution in [2.24, 2.45) is 0 Å². The van der Waals surface area contributed by atoms with Crippen molar-refractivity contribution in [1.29, 1.82) is 0 Å². The summed E-state index contributed by atoms with van der Waals surface area (Å²) in [5.74, 6) is 0.974. The second-order valence-electron chi connectivity index (χ2n) is 6.09. The molecule has 1 amide bonds. The van der Waals surface area contributed by atoms with Crippen LogP contribution in [0.5, 0.6) is 0 Å². The fraction of sp³-hybridized carbons (Fsp3) is 0.250. The molecule has 0 saturated carbocycles. The smallest absolute Gasteiger partial charge is 0.220 e. The van der Waals surface area contributed by atoms with Gasteiger partial charge >= 0.3 is 0 Å². The van der Waals surface area contributed by atoms with Crippen molar-refractivity contribution in [3.05, 3.63) is 76.8 Å². The highest BCUT2D eigenvalue weighted by molar-refractivity contribution is 7.71. The van der Waals surface area contributed by atoms with Crippen molar-refractivity contribution in [1.82, 2.24) is 20.1 Å². The molecule has 3 aromatic rings. The van der Waals surface area contributed by atoms with E-state index >= 15 is 0 Å². The molecule has 5 nitrogen and oxygen atoms in total. The number of benzene rings is 2. The summed E-state index contributed by atoms with van der Waals surface area (Å²) in [6, 6.07) is 19.9. The fourth-order valence-electron chi connectivity index (χ4n) is 2.79. The van der Waals surface area contributed by atoms with Crippen LogP contribution < -0.4 is 5.32 Å². The monoisotopic (exact) mass is 366 g/mol. The summed E-state index contributed by atoms with van der Waals surface area (Å²) in [6.45, 7) is 0.576. The Hall–Kier alpha value is -2.73. The summed E-state index contributed by atoms with van der Waals surface area (Å²) in [6.07, 6.45) is 2.98. The molecule has 1 aromatic heterocycles. The number of aryl methyl sites for hydroxylation is 1. The molecule has 6 heteroatoms. The number of aromatic nitrogens is 3. The summed E-state index contributed by atoms with van der Waals surface area (Å²) in [7, 11) is 0. The Morgan fingerprint density at radius 3 is 2.46 bits per heavy atom. The van der Waals surface area contributed by atoms with Crippen LogP contribution in [0.2, 0.25) is 0 Å². The molecule has 3 rings (SSSR count). The molecule has 0 fully saturated rings. The average Bonchev–Trinajstić information content (AvgIpc) is 3.05. The normalized spacial score (nSPS) is 10.6. The van der Waals surface area contributed by atoms with E-state index in [1.165, 1.54) is 0 Å². The molecule has 2 aromatic carbocycles. The van der Waals surface area contributed by atoms with Gasteiger partial charge < -0.3 is 5.32 Å². The summed E-state index contributed by atoms with van der Waals surface area (Å²) in [5.41, 5.74) is 2.11. The minimum Gasteiger partial charge on any atom is -0.352 e. The predicted molar refractivity (Wildman–Crippen MR) is 105 cm³/mol. The zero-order chi connectivity index (χ0) is 18.2. The molecule has 1 heterocycles. The van der Waals surface area contributed by atoms with E-state index in [9.17, 15) is 4.79 Å². The van der Waals surface area contributed by atoms with Crippen molar-refractivity contribution in [2.75, 3.05) is 0 Å². The summed E-state index contributed by atoms with van der Waals surface area (Å²) < 4.78 is 2.54. The summed E-state index contributed by atoms with van der Waals surface area (Å²) in [4.78, 5) is 12.0. The van der Waals surface area contributed by atoms with E-state index in [1.807, 2.05) is 65.2 Å². The van der Waals surface area contributed by atoms with Gasteiger partial charge in [0, 0.05) is 25.1 Å². The van der Waals surface area contributed by atoms with Gasteiger partial charge in [-0.1, -0.05) is 48.5 Å².